The van der Waals surface area contributed by atoms with E-state index >= 15 is 0 Å². The number of carbonyl (C=O) groups is 1. The molecule has 2 aromatic rings. The molecule has 2 saturated heterocycles. The fourth-order valence-corrected chi connectivity index (χ4v) is 4.52. The third-order valence-corrected chi connectivity index (χ3v) is 5.87. The number of aromatic nitrogens is 1. The van der Waals surface area contributed by atoms with Gasteiger partial charge in [0.15, 0.2) is 0 Å². The van der Waals surface area contributed by atoms with Gasteiger partial charge in [0.25, 0.3) is 0 Å². The van der Waals surface area contributed by atoms with Crippen molar-refractivity contribution in [3.05, 3.63) is 42.1 Å². The predicted octanol–water partition coefficient (Wildman–Crippen LogP) is 3.11. The number of likely N-dealkylation sites (N-methyl/N-ethyl adjacent to an activating group) is 1. The van der Waals surface area contributed by atoms with Crippen LogP contribution in [0.1, 0.15) is 25.0 Å². The number of nitrogens with zero attached hydrogens (tertiary/aromatic N) is 3. The Bertz CT molecular complexity index is 788. The van der Waals surface area contributed by atoms with Crippen molar-refractivity contribution in [2.75, 3.05) is 33.2 Å². The van der Waals surface area contributed by atoms with Gasteiger partial charge in [-0.25, -0.2) is 0 Å². The van der Waals surface area contributed by atoms with Gasteiger partial charge in [0, 0.05) is 50.6 Å². The minimum atomic E-state index is 0. The van der Waals surface area contributed by atoms with Crippen LogP contribution in [0.2, 0.25) is 0 Å². The molecule has 1 aromatic carbocycles. The van der Waals surface area contributed by atoms with Gasteiger partial charge in [-0.2, -0.15) is 0 Å². The SMILES string of the molecule is CNCCN1C(=O)CC[C@H]2CN(Cc3ccc4ccccc4n3)CC[C@H]21.Cl.Cl. The highest BCUT2D eigenvalue weighted by atomic mass is 35.5. The Morgan fingerprint density at radius 2 is 1.96 bits per heavy atom. The summed E-state index contributed by atoms with van der Waals surface area (Å²) >= 11 is 0. The molecule has 28 heavy (non-hydrogen) atoms. The summed E-state index contributed by atoms with van der Waals surface area (Å²) in [6.45, 7) is 4.72. The van der Waals surface area contributed by atoms with Crippen LogP contribution >= 0.6 is 24.8 Å². The first kappa shape index (κ1) is 22.9. The lowest BCUT2D eigenvalue weighted by atomic mass is 9.83. The van der Waals surface area contributed by atoms with Crippen molar-refractivity contribution in [2.24, 2.45) is 5.92 Å². The summed E-state index contributed by atoms with van der Waals surface area (Å²) in [6, 6.07) is 13.0. The van der Waals surface area contributed by atoms with E-state index in [1.165, 1.54) is 5.39 Å². The Morgan fingerprint density at radius 3 is 2.79 bits per heavy atom. The first-order chi connectivity index (χ1) is 12.7. The average Bonchev–Trinajstić information content (AvgIpc) is 2.67. The van der Waals surface area contributed by atoms with Crippen molar-refractivity contribution in [1.82, 2.24) is 20.1 Å². The number of likely N-dealkylation sites (tertiary alicyclic amines) is 2. The quantitative estimate of drug-likeness (QED) is 0.800. The molecule has 0 radical (unpaired) electrons. The molecule has 1 N–H and O–H groups in total. The third kappa shape index (κ3) is 4.95. The molecule has 1 amide bonds. The smallest absolute Gasteiger partial charge is 0.222 e. The normalized spacial score (nSPS) is 22.3. The number of hydrogen-bond donors (Lipinski definition) is 1. The molecule has 2 aliphatic heterocycles. The van der Waals surface area contributed by atoms with E-state index in [-0.39, 0.29) is 24.8 Å². The number of rotatable bonds is 5. The molecule has 0 bridgehead atoms. The molecule has 4 rings (SSSR count). The van der Waals surface area contributed by atoms with E-state index in [0.29, 0.717) is 24.3 Å². The second kappa shape index (κ2) is 10.4. The zero-order valence-electron chi connectivity index (χ0n) is 16.3. The van der Waals surface area contributed by atoms with Gasteiger partial charge in [0.1, 0.15) is 0 Å². The van der Waals surface area contributed by atoms with Gasteiger partial charge in [-0.15, -0.1) is 24.8 Å². The maximum Gasteiger partial charge on any atom is 0.222 e. The van der Waals surface area contributed by atoms with Crippen LogP contribution in [0.3, 0.4) is 0 Å². The standard InChI is InChI=1S/C21H28N4O.2ClH/c1-22-11-13-25-20-10-12-24(14-17(20)7-9-21(25)26)15-18-8-6-16-4-2-3-5-19(16)23-18;;/h2-6,8,17,20,22H,7,9-15H2,1H3;2*1H/t17-,20+;;/m0../s1. The number of para-hydroxylation sites is 1. The fraction of sp³-hybridized carbons (Fsp3) is 0.524. The number of piperidine rings is 2. The molecule has 154 valence electrons. The second-order valence-corrected chi connectivity index (χ2v) is 7.58. The fourth-order valence-electron chi connectivity index (χ4n) is 4.52. The topological polar surface area (TPSA) is 48.5 Å². The highest BCUT2D eigenvalue weighted by molar-refractivity contribution is 5.85. The Morgan fingerprint density at radius 1 is 1.14 bits per heavy atom. The Hall–Kier alpha value is -1.40. The summed E-state index contributed by atoms with van der Waals surface area (Å²) in [6.07, 6.45) is 2.81. The summed E-state index contributed by atoms with van der Waals surface area (Å²) in [5.74, 6) is 0.935. The monoisotopic (exact) mass is 424 g/mol. The molecular formula is C21H30Cl2N4O. The van der Waals surface area contributed by atoms with Crippen molar-refractivity contribution in [1.29, 1.82) is 0 Å². The minimum Gasteiger partial charge on any atom is -0.338 e. The van der Waals surface area contributed by atoms with E-state index in [1.54, 1.807) is 0 Å². The number of benzene rings is 1. The zero-order chi connectivity index (χ0) is 17.9. The summed E-state index contributed by atoms with van der Waals surface area (Å²) < 4.78 is 0. The number of nitrogens with one attached hydrogen (secondary N) is 1. The number of amides is 1. The lowest BCUT2D eigenvalue weighted by Gasteiger charge is -2.47. The molecule has 2 fully saturated rings. The molecule has 0 aliphatic carbocycles. The minimum absolute atomic E-state index is 0. The number of hydrogen-bond acceptors (Lipinski definition) is 4. The Labute approximate surface area is 179 Å². The summed E-state index contributed by atoms with van der Waals surface area (Å²) in [5, 5.41) is 4.37. The van der Waals surface area contributed by atoms with Crippen molar-refractivity contribution >= 4 is 41.6 Å². The van der Waals surface area contributed by atoms with Gasteiger partial charge in [-0.3, -0.25) is 14.7 Å². The van der Waals surface area contributed by atoms with E-state index in [0.717, 1.165) is 56.8 Å². The summed E-state index contributed by atoms with van der Waals surface area (Å²) in [7, 11) is 1.95. The van der Waals surface area contributed by atoms with Crippen LogP contribution in [-0.4, -0.2) is 60.0 Å². The van der Waals surface area contributed by atoms with Gasteiger partial charge in [-0.1, -0.05) is 24.3 Å². The highest BCUT2D eigenvalue weighted by Gasteiger charge is 2.38. The average molecular weight is 425 g/mol. The maximum atomic E-state index is 12.3. The van der Waals surface area contributed by atoms with Crippen LogP contribution in [0, 0.1) is 5.92 Å². The number of halogens is 2. The van der Waals surface area contributed by atoms with Crippen LogP contribution in [0.15, 0.2) is 36.4 Å². The van der Waals surface area contributed by atoms with Crippen LogP contribution in [0.25, 0.3) is 10.9 Å². The van der Waals surface area contributed by atoms with Gasteiger partial charge >= 0.3 is 0 Å². The number of pyridine rings is 1. The van der Waals surface area contributed by atoms with Crippen LogP contribution in [0.5, 0.6) is 0 Å². The van der Waals surface area contributed by atoms with Crippen LogP contribution in [0.4, 0.5) is 0 Å². The molecule has 3 heterocycles. The van der Waals surface area contributed by atoms with Gasteiger partial charge in [0.05, 0.1) is 11.2 Å². The van der Waals surface area contributed by atoms with Crippen molar-refractivity contribution < 1.29 is 4.79 Å². The first-order valence-corrected chi connectivity index (χ1v) is 9.75. The summed E-state index contributed by atoms with van der Waals surface area (Å²) in [5.41, 5.74) is 2.21. The highest BCUT2D eigenvalue weighted by Crippen LogP contribution is 2.31. The molecule has 0 unspecified atom stereocenters. The van der Waals surface area contributed by atoms with Gasteiger partial charge in [0.2, 0.25) is 5.91 Å². The Kier molecular flexibility index (Phi) is 8.50. The van der Waals surface area contributed by atoms with Crippen molar-refractivity contribution in [3.63, 3.8) is 0 Å². The van der Waals surface area contributed by atoms with Gasteiger partial charge < -0.3 is 10.2 Å². The van der Waals surface area contributed by atoms with E-state index < -0.39 is 0 Å². The van der Waals surface area contributed by atoms with Crippen LogP contribution < -0.4 is 5.32 Å². The van der Waals surface area contributed by atoms with E-state index in [1.807, 2.05) is 13.1 Å². The predicted molar refractivity (Wildman–Crippen MR) is 118 cm³/mol. The van der Waals surface area contributed by atoms with E-state index in [2.05, 4.69) is 45.4 Å². The van der Waals surface area contributed by atoms with Crippen LogP contribution in [-0.2, 0) is 11.3 Å². The Balaban J connectivity index is 0.00000140. The molecule has 2 atom stereocenters. The lowest BCUT2D eigenvalue weighted by Crippen LogP contribution is -2.56. The number of fused-ring (bicyclic) bond motifs is 2. The maximum absolute atomic E-state index is 12.3. The van der Waals surface area contributed by atoms with E-state index in [9.17, 15) is 4.79 Å². The first-order valence-electron chi connectivity index (χ1n) is 9.75. The molecular weight excluding hydrogens is 395 g/mol. The summed E-state index contributed by atoms with van der Waals surface area (Å²) in [4.78, 5) is 21.8. The number of carbonyl (C=O) groups excluding carboxylic acids is 1. The molecule has 2 aliphatic rings. The van der Waals surface area contributed by atoms with E-state index in [4.69, 9.17) is 4.98 Å². The largest absolute Gasteiger partial charge is 0.338 e. The van der Waals surface area contributed by atoms with Crippen molar-refractivity contribution in [3.8, 4) is 0 Å². The molecule has 0 spiro atoms. The third-order valence-electron chi connectivity index (χ3n) is 5.87. The molecule has 7 heteroatoms. The molecule has 0 saturated carbocycles. The van der Waals surface area contributed by atoms with Gasteiger partial charge in [-0.05, 0) is 37.9 Å². The lowest BCUT2D eigenvalue weighted by molar-refractivity contribution is -0.141. The molecule has 5 nitrogen and oxygen atoms in total. The molecule has 1 aromatic heterocycles. The zero-order valence-corrected chi connectivity index (χ0v) is 18.0. The second-order valence-electron chi connectivity index (χ2n) is 7.58. The van der Waals surface area contributed by atoms with Crippen molar-refractivity contribution in [2.45, 2.75) is 31.8 Å².